The average Bonchev–Trinajstić information content (AvgIpc) is 3.27. The molecule has 5 rings (SSSR count). The summed E-state index contributed by atoms with van der Waals surface area (Å²) < 4.78 is 30.0. The molecule has 0 unspecified atom stereocenters. The molecule has 30 heavy (non-hydrogen) atoms. The molecule has 2 atom stereocenters. The van der Waals surface area contributed by atoms with E-state index >= 15 is 0 Å². The summed E-state index contributed by atoms with van der Waals surface area (Å²) in [6.07, 6.45) is 1.74. The van der Waals surface area contributed by atoms with Gasteiger partial charge >= 0.3 is 10.2 Å². The highest BCUT2D eigenvalue weighted by atomic mass is 32.2. The molecule has 0 radical (unpaired) electrons. The molecule has 2 aliphatic heterocycles. The number of rotatable bonds is 3. The number of amides is 1. The second kappa shape index (κ2) is 6.52. The topological polar surface area (TPSA) is 115 Å². The monoisotopic (exact) mass is 419 g/mol. The number of pyridine rings is 1. The molecule has 1 saturated heterocycles. The van der Waals surface area contributed by atoms with Crippen LogP contribution in [0.15, 0.2) is 60.8 Å². The molecule has 1 spiro atoms. The van der Waals surface area contributed by atoms with Crippen molar-refractivity contribution in [2.75, 3.05) is 16.6 Å². The molecule has 3 aromatic rings. The molecule has 1 aromatic heterocycles. The van der Waals surface area contributed by atoms with Gasteiger partial charge in [0.1, 0.15) is 6.04 Å². The van der Waals surface area contributed by atoms with Gasteiger partial charge < -0.3 is 5.32 Å². The van der Waals surface area contributed by atoms with Crippen molar-refractivity contribution in [3.63, 3.8) is 0 Å². The van der Waals surface area contributed by atoms with E-state index in [0.717, 1.165) is 15.3 Å². The van der Waals surface area contributed by atoms with Gasteiger partial charge in [-0.25, -0.2) is 0 Å². The minimum absolute atomic E-state index is 0.102. The third-order valence-corrected chi connectivity index (χ3v) is 7.25. The van der Waals surface area contributed by atoms with E-state index in [0.29, 0.717) is 16.9 Å². The summed E-state index contributed by atoms with van der Waals surface area (Å²) in [4.78, 5) is 17.1. The average molecular weight is 419 g/mol. The van der Waals surface area contributed by atoms with E-state index in [2.05, 4.69) is 21.1 Å². The largest absolute Gasteiger partial charge is 0.325 e. The predicted octanol–water partition coefficient (Wildman–Crippen LogP) is 2.38. The van der Waals surface area contributed by atoms with Crippen LogP contribution in [0.25, 0.3) is 10.9 Å². The van der Waals surface area contributed by atoms with Gasteiger partial charge in [-0.2, -0.15) is 18.0 Å². The Morgan fingerprint density at radius 1 is 1.20 bits per heavy atom. The Hall–Kier alpha value is -3.48. The fourth-order valence-corrected chi connectivity index (χ4v) is 5.70. The summed E-state index contributed by atoms with van der Waals surface area (Å²) in [5, 5.41) is 13.4. The second-order valence-corrected chi connectivity index (χ2v) is 9.12. The van der Waals surface area contributed by atoms with Crippen LogP contribution in [0.2, 0.25) is 0 Å². The van der Waals surface area contributed by atoms with Crippen LogP contribution < -0.4 is 10.0 Å². The number of benzene rings is 2. The van der Waals surface area contributed by atoms with Crippen LogP contribution in [-0.2, 0) is 20.4 Å². The Morgan fingerprint density at radius 3 is 2.87 bits per heavy atom. The van der Waals surface area contributed by atoms with Gasteiger partial charge in [0.05, 0.1) is 22.7 Å². The first-order chi connectivity index (χ1) is 14.4. The minimum Gasteiger partial charge on any atom is -0.325 e. The molecule has 2 aliphatic rings. The zero-order valence-electron chi connectivity index (χ0n) is 15.7. The van der Waals surface area contributed by atoms with Crippen molar-refractivity contribution >= 4 is 38.4 Å². The highest BCUT2D eigenvalue weighted by Crippen LogP contribution is 2.47. The molecule has 8 nitrogen and oxygen atoms in total. The maximum atomic E-state index is 13.2. The summed E-state index contributed by atoms with van der Waals surface area (Å²) in [7, 11) is -4.08. The van der Waals surface area contributed by atoms with E-state index in [1.54, 1.807) is 54.7 Å². The quantitative estimate of drug-likeness (QED) is 0.676. The first-order valence-electron chi connectivity index (χ1n) is 9.38. The first kappa shape index (κ1) is 18.5. The number of fused-ring (bicyclic) bond motifs is 3. The molecule has 0 aliphatic carbocycles. The number of hydrogen-bond acceptors (Lipinski definition) is 5. The number of para-hydroxylation sites is 1. The highest BCUT2D eigenvalue weighted by molar-refractivity contribution is 7.90. The van der Waals surface area contributed by atoms with E-state index in [1.807, 2.05) is 6.07 Å². The molecule has 1 amide bonds. The van der Waals surface area contributed by atoms with Gasteiger partial charge in [0.2, 0.25) is 5.91 Å². The summed E-state index contributed by atoms with van der Waals surface area (Å²) >= 11 is 0. The number of carbonyl (C=O) groups excluding carboxylic acids is 1. The summed E-state index contributed by atoms with van der Waals surface area (Å²) in [6.45, 7) is -0.102. The Balaban J connectivity index is 1.49. The Morgan fingerprint density at radius 2 is 2.03 bits per heavy atom. The van der Waals surface area contributed by atoms with E-state index < -0.39 is 21.7 Å². The molecule has 1 fully saturated rings. The first-order valence-corrected chi connectivity index (χ1v) is 10.8. The van der Waals surface area contributed by atoms with Gasteiger partial charge in [-0.05, 0) is 36.2 Å². The molecule has 150 valence electrons. The number of carbonyl (C=O) groups is 1. The predicted molar refractivity (Wildman–Crippen MR) is 112 cm³/mol. The molecule has 3 heterocycles. The molecule has 9 heteroatoms. The van der Waals surface area contributed by atoms with Crippen LogP contribution in [0.1, 0.15) is 12.0 Å². The number of aromatic nitrogens is 1. The molecule has 2 aromatic carbocycles. The third-order valence-electron chi connectivity index (χ3n) is 5.75. The molecule has 2 N–H and O–H groups in total. The number of nitriles is 1. The van der Waals surface area contributed by atoms with Crippen LogP contribution in [0.5, 0.6) is 0 Å². The van der Waals surface area contributed by atoms with E-state index in [-0.39, 0.29) is 18.9 Å². The van der Waals surface area contributed by atoms with Crippen molar-refractivity contribution in [3.05, 3.63) is 66.4 Å². The van der Waals surface area contributed by atoms with Crippen molar-refractivity contribution in [1.82, 2.24) is 9.29 Å². The van der Waals surface area contributed by atoms with Gasteiger partial charge in [0, 0.05) is 23.8 Å². The van der Waals surface area contributed by atoms with Gasteiger partial charge in [0.15, 0.2) is 0 Å². The summed E-state index contributed by atoms with van der Waals surface area (Å²) in [5.74, 6) is -0.281. The van der Waals surface area contributed by atoms with Crippen molar-refractivity contribution < 1.29 is 13.2 Å². The third kappa shape index (κ3) is 2.73. The molecular weight excluding hydrogens is 402 g/mol. The number of nitrogens with one attached hydrogen (secondary N) is 2. The van der Waals surface area contributed by atoms with Crippen LogP contribution in [0.3, 0.4) is 0 Å². The fraction of sp³-hybridized carbons (Fsp3) is 0.190. The fourth-order valence-electron chi connectivity index (χ4n) is 4.31. The summed E-state index contributed by atoms with van der Waals surface area (Å²) in [5.41, 5.74) is 1.30. The van der Waals surface area contributed by atoms with Gasteiger partial charge in [0.25, 0.3) is 0 Å². The molecule has 0 saturated carbocycles. The van der Waals surface area contributed by atoms with Gasteiger partial charge in [-0.1, -0.05) is 30.3 Å². The Labute approximate surface area is 173 Å². The van der Waals surface area contributed by atoms with Crippen molar-refractivity contribution in [3.8, 4) is 6.07 Å². The van der Waals surface area contributed by atoms with Crippen molar-refractivity contribution in [2.24, 2.45) is 0 Å². The zero-order valence-corrected chi connectivity index (χ0v) is 16.6. The van der Waals surface area contributed by atoms with Crippen LogP contribution in [-0.4, -0.2) is 36.2 Å². The van der Waals surface area contributed by atoms with Crippen LogP contribution in [0, 0.1) is 11.3 Å². The molecule has 0 bridgehead atoms. The SMILES string of the molecule is N#C[C@@H]1C[C@@]2(CN1S(=O)(=O)Nc1ccc3cccnc3c1)C(=O)Nc1ccccc12. The smallest absolute Gasteiger partial charge is 0.302 e. The van der Waals surface area contributed by atoms with Crippen LogP contribution in [0.4, 0.5) is 11.4 Å². The van der Waals surface area contributed by atoms with E-state index in [9.17, 15) is 18.5 Å². The lowest BCUT2D eigenvalue weighted by atomic mass is 9.80. The van der Waals surface area contributed by atoms with Gasteiger partial charge in [-0.3, -0.25) is 14.5 Å². The van der Waals surface area contributed by atoms with Crippen LogP contribution >= 0.6 is 0 Å². The minimum atomic E-state index is -4.08. The number of nitrogens with zero attached hydrogens (tertiary/aromatic N) is 3. The lowest BCUT2D eigenvalue weighted by Gasteiger charge is -2.23. The lowest BCUT2D eigenvalue weighted by Crippen LogP contribution is -2.42. The maximum Gasteiger partial charge on any atom is 0.302 e. The zero-order chi connectivity index (χ0) is 20.9. The highest BCUT2D eigenvalue weighted by Gasteiger charge is 2.57. The van der Waals surface area contributed by atoms with E-state index in [4.69, 9.17) is 0 Å². The lowest BCUT2D eigenvalue weighted by molar-refractivity contribution is -0.120. The number of anilines is 2. The Bertz CT molecular complexity index is 1330. The maximum absolute atomic E-state index is 13.2. The van der Waals surface area contributed by atoms with Gasteiger partial charge in [-0.15, -0.1) is 0 Å². The standard InChI is InChI=1S/C21H17N5O3S/c22-12-16-11-21(17-5-1-2-6-18(17)24-20(21)27)13-26(16)30(28,29)25-15-8-7-14-4-3-9-23-19(14)10-15/h1-10,16,25H,11,13H2,(H,24,27)/t16-,21-/m0/s1. The summed E-state index contributed by atoms with van der Waals surface area (Å²) in [6, 6.07) is 17.0. The molecular formula is C21H17N5O3S. The normalized spacial score (nSPS) is 23.3. The van der Waals surface area contributed by atoms with Crippen molar-refractivity contribution in [1.29, 1.82) is 5.26 Å². The Kier molecular flexibility index (Phi) is 4.03. The number of hydrogen-bond donors (Lipinski definition) is 2. The van der Waals surface area contributed by atoms with E-state index in [1.165, 1.54) is 0 Å². The van der Waals surface area contributed by atoms with Crippen molar-refractivity contribution in [2.45, 2.75) is 17.9 Å². The second-order valence-electron chi connectivity index (χ2n) is 7.49.